The van der Waals surface area contributed by atoms with Gasteiger partial charge in [0.15, 0.2) is 0 Å². The van der Waals surface area contributed by atoms with Crippen LogP contribution in [-0.4, -0.2) is 35.9 Å². The van der Waals surface area contributed by atoms with Crippen LogP contribution in [0.4, 0.5) is 9.18 Å². The second-order valence-corrected chi connectivity index (χ2v) is 10.6. The number of nitrogens with one attached hydrogen (secondary N) is 1. The van der Waals surface area contributed by atoms with Gasteiger partial charge in [0.1, 0.15) is 10.0 Å². The van der Waals surface area contributed by atoms with Gasteiger partial charge in [0.05, 0.1) is 6.61 Å². The van der Waals surface area contributed by atoms with Gasteiger partial charge in [0.2, 0.25) is 10.0 Å². The molecule has 4 N–H and O–H groups in total. The Morgan fingerprint density at radius 2 is 1.81 bits per heavy atom. The van der Waals surface area contributed by atoms with Crippen LogP contribution in [0.3, 0.4) is 0 Å². The lowest BCUT2D eigenvalue weighted by atomic mass is 9.98. The fraction of sp³-hybridized carbons (Fsp3) is 0.227. The average Bonchev–Trinajstić information content (AvgIpc) is 3.15. The van der Waals surface area contributed by atoms with Gasteiger partial charge in [-0.15, -0.1) is 11.3 Å². The van der Waals surface area contributed by atoms with Crippen LogP contribution in [0.15, 0.2) is 64.9 Å². The Bertz CT molecular complexity index is 1210. The standard InChI is InChI=1S/C21H20FNO3S2.CH2O3/c1-21(16-5-3-2-4-6-16)12-19(21)23-28(25,26)20-10-9-18(27-20)14-7-8-15(13-24)17(22)11-14;2-1(3)4/h2-11,19,23-24H,12-13H2,1H3;(H2,2,3,4)/t19-,21+;/m0./s1. The number of halogens is 1. The molecule has 2 atom stereocenters. The van der Waals surface area contributed by atoms with E-state index in [9.17, 15) is 12.8 Å². The molecule has 2 aromatic carbocycles. The first-order valence-corrected chi connectivity index (χ1v) is 11.9. The molecule has 10 heteroatoms. The van der Waals surface area contributed by atoms with Gasteiger partial charge < -0.3 is 15.3 Å². The average molecular weight is 480 g/mol. The Morgan fingerprint density at radius 3 is 2.41 bits per heavy atom. The third-order valence-corrected chi connectivity index (χ3v) is 8.42. The monoisotopic (exact) mass is 479 g/mol. The van der Waals surface area contributed by atoms with E-state index in [1.807, 2.05) is 30.3 Å². The van der Waals surface area contributed by atoms with Crippen molar-refractivity contribution in [1.82, 2.24) is 4.72 Å². The number of sulfonamides is 1. The van der Waals surface area contributed by atoms with Crippen LogP contribution >= 0.6 is 11.3 Å². The van der Waals surface area contributed by atoms with Crippen LogP contribution in [0, 0.1) is 5.82 Å². The number of aliphatic hydroxyl groups is 1. The van der Waals surface area contributed by atoms with Crippen molar-refractivity contribution in [3.63, 3.8) is 0 Å². The van der Waals surface area contributed by atoms with Crippen molar-refractivity contribution in [3.05, 3.63) is 77.6 Å². The number of hydrogen-bond donors (Lipinski definition) is 4. The summed E-state index contributed by atoms with van der Waals surface area (Å²) in [6.07, 6.45) is -1.08. The second kappa shape index (κ2) is 9.37. The Hall–Kier alpha value is -2.79. The number of thiophene rings is 1. The Morgan fingerprint density at radius 1 is 1.16 bits per heavy atom. The van der Waals surface area contributed by atoms with Gasteiger partial charge in [-0.25, -0.2) is 22.3 Å². The van der Waals surface area contributed by atoms with E-state index < -0.39 is 22.0 Å². The molecule has 0 radical (unpaired) electrons. The Labute approximate surface area is 188 Å². The van der Waals surface area contributed by atoms with Gasteiger partial charge in [-0.05, 0) is 35.7 Å². The van der Waals surface area contributed by atoms with Crippen molar-refractivity contribution >= 4 is 27.5 Å². The van der Waals surface area contributed by atoms with Crippen LogP contribution in [-0.2, 0) is 22.0 Å². The highest BCUT2D eigenvalue weighted by Gasteiger charge is 2.53. The number of carbonyl (C=O) groups is 1. The molecule has 1 aromatic heterocycles. The third-order valence-electron chi connectivity index (χ3n) is 5.32. The maximum atomic E-state index is 13.9. The molecule has 0 aliphatic heterocycles. The van der Waals surface area contributed by atoms with E-state index >= 15 is 0 Å². The maximum absolute atomic E-state index is 13.9. The molecule has 1 aliphatic rings. The molecule has 4 rings (SSSR count). The molecule has 1 aliphatic carbocycles. The fourth-order valence-corrected chi connectivity index (χ4v) is 6.04. The van der Waals surface area contributed by atoms with Crippen LogP contribution in [0.2, 0.25) is 0 Å². The lowest BCUT2D eigenvalue weighted by molar-refractivity contribution is 0.137. The molecule has 32 heavy (non-hydrogen) atoms. The number of hydrogen-bond acceptors (Lipinski definition) is 5. The lowest BCUT2D eigenvalue weighted by Crippen LogP contribution is -2.29. The van der Waals surface area contributed by atoms with Gasteiger partial charge >= 0.3 is 6.16 Å². The number of carboxylic acid groups (broad SMARTS) is 2. The summed E-state index contributed by atoms with van der Waals surface area (Å²) in [6, 6.07) is 17.5. The zero-order valence-electron chi connectivity index (χ0n) is 17.0. The molecular weight excluding hydrogens is 457 g/mol. The molecule has 1 saturated carbocycles. The zero-order valence-corrected chi connectivity index (χ0v) is 18.7. The van der Waals surface area contributed by atoms with Crippen molar-refractivity contribution in [1.29, 1.82) is 0 Å². The highest BCUT2D eigenvalue weighted by atomic mass is 32.2. The summed E-state index contributed by atoms with van der Waals surface area (Å²) >= 11 is 1.10. The van der Waals surface area contributed by atoms with Crippen molar-refractivity contribution in [2.24, 2.45) is 0 Å². The van der Waals surface area contributed by atoms with Crippen molar-refractivity contribution in [2.75, 3.05) is 0 Å². The normalized spacial score (nSPS) is 19.7. The van der Waals surface area contributed by atoms with Crippen LogP contribution in [0.25, 0.3) is 10.4 Å². The smallest absolute Gasteiger partial charge is 0.450 e. The van der Waals surface area contributed by atoms with Crippen molar-refractivity contribution in [2.45, 2.75) is 35.6 Å². The summed E-state index contributed by atoms with van der Waals surface area (Å²) in [5.74, 6) is -0.507. The molecule has 1 fully saturated rings. The first kappa shape index (κ1) is 23.9. The van der Waals surface area contributed by atoms with Gasteiger partial charge in [-0.3, -0.25) is 0 Å². The first-order valence-electron chi connectivity index (χ1n) is 9.56. The number of rotatable bonds is 6. The highest BCUT2D eigenvalue weighted by molar-refractivity contribution is 7.91. The molecule has 0 amide bonds. The first-order chi connectivity index (χ1) is 15.1. The van der Waals surface area contributed by atoms with Gasteiger partial charge in [0, 0.05) is 21.9 Å². The molecule has 3 aromatic rings. The lowest BCUT2D eigenvalue weighted by Gasteiger charge is -2.12. The van der Waals surface area contributed by atoms with E-state index in [2.05, 4.69) is 11.6 Å². The van der Waals surface area contributed by atoms with E-state index in [1.54, 1.807) is 18.2 Å². The SMILES string of the molecule is C[C@]1(c2ccccc2)C[C@@H]1NS(=O)(=O)c1ccc(-c2ccc(CO)c(F)c2)s1.O=C(O)O. The summed E-state index contributed by atoms with van der Waals surface area (Å²) in [5, 5.41) is 23.0. The second-order valence-electron chi connectivity index (χ2n) is 7.53. The van der Waals surface area contributed by atoms with Gasteiger partial charge in [-0.1, -0.05) is 49.4 Å². The molecule has 170 valence electrons. The molecule has 0 spiro atoms. The number of benzene rings is 2. The zero-order chi connectivity index (χ0) is 23.5. The minimum absolute atomic E-state index is 0.147. The Balaban J connectivity index is 0.000000668. The molecule has 0 saturated heterocycles. The molecule has 7 nitrogen and oxygen atoms in total. The quantitative estimate of drug-likeness (QED) is 0.418. The van der Waals surface area contributed by atoms with Crippen LogP contribution in [0.1, 0.15) is 24.5 Å². The molecule has 0 unspecified atom stereocenters. The van der Waals surface area contributed by atoms with E-state index in [-0.39, 0.29) is 27.8 Å². The number of aliphatic hydroxyl groups excluding tert-OH is 1. The summed E-state index contributed by atoms with van der Waals surface area (Å²) in [4.78, 5) is 9.21. The van der Waals surface area contributed by atoms with Crippen molar-refractivity contribution in [3.8, 4) is 10.4 Å². The van der Waals surface area contributed by atoms with Gasteiger partial charge in [0.25, 0.3) is 0 Å². The van der Waals surface area contributed by atoms with E-state index in [0.29, 0.717) is 10.4 Å². The molecular formula is C22H22FNO6S2. The highest BCUT2D eigenvalue weighted by Crippen LogP contribution is 2.48. The van der Waals surface area contributed by atoms with E-state index in [0.717, 1.165) is 23.3 Å². The predicted octanol–water partition coefficient (Wildman–Crippen LogP) is 4.28. The Kier molecular flexibility index (Phi) is 6.99. The molecule has 1 heterocycles. The summed E-state index contributed by atoms with van der Waals surface area (Å²) in [5.41, 5.74) is 1.72. The fourth-order valence-electron chi connectivity index (χ4n) is 3.37. The van der Waals surface area contributed by atoms with Crippen LogP contribution < -0.4 is 4.72 Å². The van der Waals surface area contributed by atoms with E-state index in [1.165, 1.54) is 12.1 Å². The minimum atomic E-state index is -3.65. The van der Waals surface area contributed by atoms with Gasteiger partial charge in [-0.2, -0.15) is 0 Å². The summed E-state index contributed by atoms with van der Waals surface area (Å²) in [7, 11) is -3.65. The van der Waals surface area contributed by atoms with Crippen molar-refractivity contribution < 1.29 is 32.9 Å². The topological polar surface area (TPSA) is 124 Å². The maximum Gasteiger partial charge on any atom is 0.503 e. The largest absolute Gasteiger partial charge is 0.503 e. The molecule has 0 bridgehead atoms. The van der Waals surface area contributed by atoms with E-state index in [4.69, 9.17) is 20.1 Å². The third kappa shape index (κ3) is 5.33. The minimum Gasteiger partial charge on any atom is -0.450 e. The predicted molar refractivity (Wildman–Crippen MR) is 119 cm³/mol. The van der Waals surface area contributed by atoms with Crippen LogP contribution in [0.5, 0.6) is 0 Å². The summed E-state index contributed by atoms with van der Waals surface area (Å²) in [6.45, 7) is 1.68. The summed E-state index contributed by atoms with van der Waals surface area (Å²) < 4.78 is 42.5.